The lowest BCUT2D eigenvalue weighted by Crippen LogP contribution is -2.40. The molecule has 0 amide bonds. The van der Waals surface area contributed by atoms with Crippen molar-refractivity contribution in [1.82, 2.24) is 0 Å². The van der Waals surface area contributed by atoms with Crippen LogP contribution in [0.15, 0.2) is 23.8 Å². The zero-order chi connectivity index (χ0) is 16.9. The normalized spacial score (nSPS) is 36.1. The van der Waals surface area contributed by atoms with Gasteiger partial charge >= 0.3 is 0 Å². The lowest BCUT2D eigenvalue weighted by Gasteiger charge is -2.49. The van der Waals surface area contributed by atoms with Crippen molar-refractivity contribution in [2.45, 2.75) is 64.7 Å². The van der Waals surface area contributed by atoms with Gasteiger partial charge in [-0.2, -0.15) is 0 Å². The molecule has 1 N–H and O–H groups in total. The van der Waals surface area contributed by atoms with E-state index in [1.54, 1.807) is 12.7 Å². The molecule has 2 heteroatoms. The van der Waals surface area contributed by atoms with Gasteiger partial charge in [-0.05, 0) is 91.4 Å². The van der Waals surface area contributed by atoms with Crippen LogP contribution in [-0.2, 0) is 6.42 Å². The topological polar surface area (TPSA) is 29.5 Å². The fraction of sp³-hybridized carbons (Fsp3) is 0.636. The molecule has 0 radical (unpaired) electrons. The van der Waals surface area contributed by atoms with Crippen LogP contribution in [-0.4, -0.2) is 12.2 Å². The number of aryl methyl sites for hydroxylation is 1. The van der Waals surface area contributed by atoms with E-state index in [1.165, 1.54) is 49.7 Å². The minimum Gasteiger partial charge on any atom is -0.504 e. The van der Waals surface area contributed by atoms with E-state index in [2.05, 4.69) is 26.0 Å². The fourth-order valence-corrected chi connectivity index (χ4v) is 6.18. The van der Waals surface area contributed by atoms with Gasteiger partial charge in [-0.1, -0.05) is 25.5 Å². The van der Waals surface area contributed by atoms with E-state index in [0.717, 1.165) is 18.3 Å². The third kappa shape index (κ3) is 2.22. The Morgan fingerprint density at radius 3 is 2.83 bits per heavy atom. The van der Waals surface area contributed by atoms with E-state index < -0.39 is 0 Å². The molecule has 0 aromatic heterocycles. The molecule has 0 bridgehead atoms. The van der Waals surface area contributed by atoms with Crippen molar-refractivity contribution in [3.8, 4) is 11.5 Å². The summed E-state index contributed by atoms with van der Waals surface area (Å²) in [4.78, 5) is 0. The summed E-state index contributed by atoms with van der Waals surface area (Å²) < 4.78 is 5.39. The maximum Gasteiger partial charge on any atom is 0.160 e. The van der Waals surface area contributed by atoms with Gasteiger partial charge in [0.05, 0.1) is 7.11 Å². The molecule has 3 aliphatic rings. The molecule has 0 spiro atoms. The molecule has 3 aliphatic carbocycles. The largest absolute Gasteiger partial charge is 0.504 e. The molecule has 2 fully saturated rings. The smallest absolute Gasteiger partial charge is 0.160 e. The Hall–Kier alpha value is -1.44. The van der Waals surface area contributed by atoms with Gasteiger partial charge in [-0.25, -0.2) is 0 Å². The molecular weight excluding hydrogens is 296 g/mol. The highest BCUT2D eigenvalue weighted by Crippen LogP contribution is 2.63. The van der Waals surface area contributed by atoms with Crippen molar-refractivity contribution in [3.63, 3.8) is 0 Å². The number of fused-ring (bicyclic) bond motifs is 5. The summed E-state index contributed by atoms with van der Waals surface area (Å²) in [5, 5.41) is 10.1. The molecular formula is C22H30O2. The molecule has 1 aromatic carbocycles. The number of allylic oxidation sites excluding steroid dienone is 2. The Kier molecular flexibility index (Phi) is 3.89. The van der Waals surface area contributed by atoms with Crippen LogP contribution in [0, 0.1) is 17.3 Å². The summed E-state index contributed by atoms with van der Waals surface area (Å²) in [6.45, 7) is 4.81. The van der Waals surface area contributed by atoms with E-state index in [-0.39, 0.29) is 0 Å². The predicted molar refractivity (Wildman–Crippen MR) is 97.6 cm³/mol. The summed E-state index contributed by atoms with van der Waals surface area (Å²) in [5.74, 6) is 3.22. The van der Waals surface area contributed by atoms with Crippen LogP contribution in [0.2, 0.25) is 0 Å². The average molecular weight is 326 g/mol. The Bertz CT molecular complexity index is 675. The zero-order valence-corrected chi connectivity index (χ0v) is 15.3. The second kappa shape index (κ2) is 5.82. The van der Waals surface area contributed by atoms with Crippen LogP contribution in [0.1, 0.15) is 69.4 Å². The van der Waals surface area contributed by atoms with E-state index in [9.17, 15) is 5.11 Å². The number of hydrogen-bond donors (Lipinski definition) is 1. The second-order valence-electron chi connectivity index (χ2n) is 8.27. The Balaban J connectivity index is 1.70. The van der Waals surface area contributed by atoms with Gasteiger partial charge in [0.1, 0.15) is 0 Å². The number of hydrogen-bond acceptors (Lipinski definition) is 2. The summed E-state index contributed by atoms with van der Waals surface area (Å²) in [6, 6.07) is 4.08. The molecule has 0 saturated heterocycles. The molecule has 0 heterocycles. The second-order valence-corrected chi connectivity index (χ2v) is 8.27. The number of ether oxygens (including phenoxy) is 1. The van der Waals surface area contributed by atoms with E-state index in [1.807, 2.05) is 6.07 Å². The predicted octanol–water partition coefficient (Wildman–Crippen LogP) is 5.59. The van der Waals surface area contributed by atoms with Gasteiger partial charge in [0.15, 0.2) is 11.5 Å². The third-order valence-corrected chi connectivity index (χ3v) is 7.32. The fourth-order valence-electron chi connectivity index (χ4n) is 6.18. The van der Waals surface area contributed by atoms with Gasteiger partial charge < -0.3 is 9.84 Å². The quantitative estimate of drug-likeness (QED) is 0.717. The third-order valence-electron chi connectivity index (χ3n) is 7.32. The van der Waals surface area contributed by atoms with Crippen LogP contribution in [0.25, 0.3) is 0 Å². The maximum atomic E-state index is 10.1. The van der Waals surface area contributed by atoms with Crippen LogP contribution in [0.5, 0.6) is 11.5 Å². The molecule has 2 saturated carbocycles. The minimum absolute atomic E-state index is 0.296. The van der Waals surface area contributed by atoms with Crippen molar-refractivity contribution in [2.24, 2.45) is 17.3 Å². The molecule has 0 aliphatic heterocycles. The highest BCUT2D eigenvalue weighted by Gasteiger charge is 2.52. The van der Waals surface area contributed by atoms with Crippen molar-refractivity contribution in [2.75, 3.05) is 7.11 Å². The average Bonchev–Trinajstić information content (AvgIpc) is 2.91. The SMILES string of the molecule is CCC=C1CC[C@H]2[C@@H]3CCc4cc(O)c(OC)cc4[C@H]3CC[C@]12C. The number of aromatic hydroxyl groups is 1. The molecule has 1 aromatic rings. The Morgan fingerprint density at radius 2 is 2.08 bits per heavy atom. The first-order valence-corrected chi connectivity index (χ1v) is 9.67. The molecule has 130 valence electrons. The van der Waals surface area contributed by atoms with E-state index in [4.69, 9.17) is 4.74 Å². The molecule has 4 rings (SSSR count). The first-order chi connectivity index (χ1) is 11.6. The zero-order valence-electron chi connectivity index (χ0n) is 15.3. The van der Waals surface area contributed by atoms with Crippen LogP contribution < -0.4 is 4.74 Å². The molecule has 4 atom stereocenters. The van der Waals surface area contributed by atoms with Crippen LogP contribution >= 0.6 is 0 Å². The first kappa shape index (κ1) is 16.1. The van der Waals surface area contributed by atoms with Crippen LogP contribution in [0.4, 0.5) is 0 Å². The van der Waals surface area contributed by atoms with Crippen molar-refractivity contribution in [1.29, 1.82) is 0 Å². The summed E-state index contributed by atoms with van der Waals surface area (Å²) in [6.07, 6.45) is 11.3. The number of benzene rings is 1. The number of phenolic OH excluding ortho intramolecular Hbond substituents is 1. The monoisotopic (exact) mass is 326 g/mol. The maximum absolute atomic E-state index is 10.1. The standard InChI is InChI=1S/C22H30O2/c1-4-5-15-7-9-19-17-8-6-14-12-20(23)21(24-3)13-18(14)16(17)10-11-22(15,19)2/h5,12-13,16-17,19,23H,4,6-11H2,1-3H3/t16-,17+,19-,22+/m0/s1. The highest BCUT2D eigenvalue weighted by atomic mass is 16.5. The van der Waals surface area contributed by atoms with Gasteiger partial charge in [0.2, 0.25) is 0 Å². The van der Waals surface area contributed by atoms with Crippen LogP contribution in [0.3, 0.4) is 0 Å². The summed E-state index contributed by atoms with van der Waals surface area (Å²) in [5.41, 5.74) is 4.98. The lowest BCUT2D eigenvalue weighted by atomic mass is 9.55. The first-order valence-electron chi connectivity index (χ1n) is 9.67. The number of methoxy groups -OCH3 is 1. The van der Waals surface area contributed by atoms with Crippen molar-refractivity contribution < 1.29 is 9.84 Å². The van der Waals surface area contributed by atoms with E-state index >= 15 is 0 Å². The molecule has 0 unspecified atom stereocenters. The number of rotatable bonds is 2. The van der Waals surface area contributed by atoms with E-state index in [0.29, 0.717) is 22.8 Å². The molecule has 2 nitrogen and oxygen atoms in total. The minimum atomic E-state index is 0.296. The Morgan fingerprint density at radius 1 is 1.25 bits per heavy atom. The van der Waals surface area contributed by atoms with Crippen molar-refractivity contribution in [3.05, 3.63) is 34.9 Å². The summed E-state index contributed by atoms with van der Waals surface area (Å²) in [7, 11) is 1.65. The van der Waals surface area contributed by atoms with Gasteiger partial charge in [-0.3, -0.25) is 0 Å². The lowest BCUT2D eigenvalue weighted by molar-refractivity contribution is 0.0811. The summed E-state index contributed by atoms with van der Waals surface area (Å²) >= 11 is 0. The van der Waals surface area contributed by atoms with Gasteiger partial charge in [0.25, 0.3) is 0 Å². The van der Waals surface area contributed by atoms with Crippen molar-refractivity contribution >= 4 is 0 Å². The van der Waals surface area contributed by atoms with Gasteiger partial charge in [0, 0.05) is 0 Å². The Labute approximate surface area is 145 Å². The van der Waals surface area contributed by atoms with Gasteiger partial charge in [-0.15, -0.1) is 0 Å². The molecule has 24 heavy (non-hydrogen) atoms. The highest BCUT2D eigenvalue weighted by molar-refractivity contribution is 5.49. The number of phenols is 1.